The summed E-state index contributed by atoms with van der Waals surface area (Å²) in [5.74, 6) is -0.593. The van der Waals surface area contributed by atoms with Crippen molar-refractivity contribution >= 4 is 53.5 Å². The van der Waals surface area contributed by atoms with Crippen molar-refractivity contribution in [3.8, 4) is 17.1 Å². The topological polar surface area (TPSA) is 126 Å². The van der Waals surface area contributed by atoms with Gasteiger partial charge in [-0.1, -0.05) is 54.1 Å². The SMILES string of the molecule is CN1CC[C@H](c2c(C(c3ccccc3)N(C(=O)O)C3CCCNC3)cc(O)c3c(=O)cc(-c4ccccc4Cl)oc23)[C@H](O)C1.Cl.Cl. The highest BCUT2D eigenvalue weighted by Gasteiger charge is 2.40. The molecule has 2 aliphatic heterocycles. The van der Waals surface area contributed by atoms with E-state index in [0.29, 0.717) is 59.8 Å². The number of aliphatic hydroxyl groups excluding tert-OH is 1. The Hall–Kier alpha value is -3.31. The van der Waals surface area contributed by atoms with Crippen LogP contribution < -0.4 is 10.7 Å². The predicted molar refractivity (Wildman–Crippen MR) is 184 cm³/mol. The third kappa shape index (κ3) is 6.86. The van der Waals surface area contributed by atoms with Gasteiger partial charge in [0, 0.05) is 42.2 Å². The zero-order valence-corrected chi connectivity index (χ0v) is 27.7. The quantitative estimate of drug-likeness (QED) is 0.187. The average molecular weight is 691 g/mol. The third-order valence-corrected chi connectivity index (χ3v) is 9.25. The van der Waals surface area contributed by atoms with Crippen LogP contribution in [0.2, 0.25) is 5.02 Å². The largest absolute Gasteiger partial charge is 0.507 e. The maximum Gasteiger partial charge on any atom is 0.408 e. The van der Waals surface area contributed by atoms with E-state index in [2.05, 4.69) is 5.32 Å². The summed E-state index contributed by atoms with van der Waals surface area (Å²) in [5, 5.41) is 37.4. The van der Waals surface area contributed by atoms with E-state index in [4.69, 9.17) is 16.0 Å². The van der Waals surface area contributed by atoms with Crippen molar-refractivity contribution in [1.82, 2.24) is 15.1 Å². The van der Waals surface area contributed by atoms with Crippen molar-refractivity contribution < 1.29 is 24.5 Å². The minimum Gasteiger partial charge on any atom is -0.507 e. The van der Waals surface area contributed by atoms with Crippen molar-refractivity contribution in [3.63, 3.8) is 0 Å². The second-order valence-electron chi connectivity index (χ2n) is 11.8. The van der Waals surface area contributed by atoms with Gasteiger partial charge in [0.05, 0.1) is 17.2 Å². The van der Waals surface area contributed by atoms with Gasteiger partial charge in [0.25, 0.3) is 0 Å². The summed E-state index contributed by atoms with van der Waals surface area (Å²) >= 11 is 6.51. The van der Waals surface area contributed by atoms with E-state index < -0.39 is 29.6 Å². The molecule has 246 valence electrons. The van der Waals surface area contributed by atoms with Crippen LogP contribution in [0.1, 0.15) is 47.9 Å². The molecular weight excluding hydrogens is 653 g/mol. The van der Waals surface area contributed by atoms with Gasteiger partial charge in [-0.25, -0.2) is 4.79 Å². The number of halogens is 3. The highest BCUT2D eigenvalue weighted by atomic mass is 35.5. The number of amides is 1. The average Bonchev–Trinajstić information content (AvgIpc) is 3.01. The molecule has 9 nitrogen and oxygen atoms in total. The molecule has 4 N–H and O–H groups in total. The Morgan fingerprint density at radius 3 is 2.46 bits per heavy atom. The molecule has 3 heterocycles. The standard InChI is InChI=1S/C34H36ClN3O6.2ClH/c1-37-15-13-23(28(41)19-37)30-24(32(20-8-3-2-4-9-20)38(34(42)43)21-10-7-14-36-18-21)16-26(39)31-27(40)17-29(44-33(30)31)22-11-5-6-12-25(22)35;;/h2-6,8-9,11-12,16-17,21,23,28,32,36,39,41H,7,10,13-15,18-19H2,1H3,(H,42,43);2*1H/t21?,23-,28+,32?;;/m0../s1. The molecule has 0 bridgehead atoms. The monoisotopic (exact) mass is 689 g/mol. The molecule has 2 saturated heterocycles. The number of rotatable bonds is 6. The van der Waals surface area contributed by atoms with Gasteiger partial charge in [-0.05, 0) is 68.7 Å². The van der Waals surface area contributed by atoms with Crippen molar-refractivity contribution in [2.45, 2.75) is 43.4 Å². The molecular formula is C34H38Cl3N3O6. The first kappa shape index (κ1) is 35.5. The summed E-state index contributed by atoms with van der Waals surface area (Å²) in [7, 11) is 1.93. The number of benzene rings is 3. The number of phenolic OH excluding ortho intramolecular Hbond substituents is 1. The Morgan fingerprint density at radius 2 is 1.80 bits per heavy atom. The number of nitrogens with one attached hydrogen (secondary N) is 1. The molecule has 0 spiro atoms. The highest BCUT2D eigenvalue weighted by Crippen LogP contribution is 2.45. The summed E-state index contributed by atoms with van der Waals surface area (Å²) in [4.78, 5) is 30.3. The molecule has 4 atom stereocenters. The maximum atomic E-state index is 13.7. The third-order valence-electron chi connectivity index (χ3n) is 8.92. The molecule has 2 unspecified atom stereocenters. The van der Waals surface area contributed by atoms with Crippen molar-refractivity contribution in [2.24, 2.45) is 0 Å². The number of carbonyl (C=O) groups is 1. The normalized spacial score (nSPS) is 20.7. The fourth-order valence-corrected chi connectivity index (χ4v) is 7.09. The number of hydrogen-bond donors (Lipinski definition) is 4. The van der Waals surface area contributed by atoms with Gasteiger partial charge in [-0.3, -0.25) is 9.69 Å². The molecule has 3 aromatic carbocycles. The molecule has 2 aliphatic rings. The number of nitrogens with zero attached hydrogens (tertiary/aromatic N) is 2. The van der Waals surface area contributed by atoms with E-state index in [-0.39, 0.29) is 53.3 Å². The van der Waals surface area contributed by atoms with E-state index in [1.54, 1.807) is 24.3 Å². The molecule has 6 rings (SSSR count). The van der Waals surface area contributed by atoms with Crippen LogP contribution in [-0.2, 0) is 0 Å². The Morgan fingerprint density at radius 1 is 1.09 bits per heavy atom. The van der Waals surface area contributed by atoms with Gasteiger partial charge in [-0.2, -0.15) is 0 Å². The van der Waals surface area contributed by atoms with Crippen LogP contribution >= 0.6 is 36.4 Å². The minimum atomic E-state index is -1.10. The maximum absolute atomic E-state index is 13.7. The number of carboxylic acid groups (broad SMARTS) is 1. The summed E-state index contributed by atoms with van der Waals surface area (Å²) in [6.07, 6.45) is 0.0774. The number of fused-ring (bicyclic) bond motifs is 1. The fraction of sp³-hybridized carbons (Fsp3) is 0.353. The summed E-state index contributed by atoms with van der Waals surface area (Å²) in [5.41, 5.74) is 1.87. The molecule has 4 aromatic rings. The van der Waals surface area contributed by atoms with Crippen molar-refractivity contribution in [1.29, 1.82) is 0 Å². The Labute approximate surface area is 284 Å². The molecule has 12 heteroatoms. The first-order chi connectivity index (χ1) is 21.2. The number of phenols is 1. The van der Waals surface area contributed by atoms with Crippen molar-refractivity contribution in [2.75, 3.05) is 33.2 Å². The van der Waals surface area contributed by atoms with E-state index in [1.807, 2.05) is 42.3 Å². The van der Waals surface area contributed by atoms with Gasteiger partial charge in [0.2, 0.25) is 0 Å². The molecule has 1 aromatic heterocycles. The fourth-order valence-electron chi connectivity index (χ4n) is 6.86. The van der Waals surface area contributed by atoms with Crippen LogP contribution in [0.3, 0.4) is 0 Å². The second-order valence-corrected chi connectivity index (χ2v) is 12.2. The van der Waals surface area contributed by atoms with Gasteiger partial charge < -0.3 is 30.0 Å². The lowest BCUT2D eigenvalue weighted by Gasteiger charge is -2.41. The number of β-amino-alcohol motifs (C(OH)–C–C–N with tert-alkyl or cyclic N) is 1. The lowest BCUT2D eigenvalue weighted by atomic mass is 9.79. The van der Waals surface area contributed by atoms with Crippen LogP contribution in [0.5, 0.6) is 5.75 Å². The Balaban J connectivity index is 0.00000240. The Bertz CT molecular complexity index is 1730. The van der Waals surface area contributed by atoms with Gasteiger partial charge in [0.1, 0.15) is 22.5 Å². The number of hydrogen-bond acceptors (Lipinski definition) is 7. The molecule has 46 heavy (non-hydrogen) atoms. The molecule has 2 fully saturated rings. The molecule has 0 aliphatic carbocycles. The minimum absolute atomic E-state index is 0. The molecule has 1 amide bonds. The van der Waals surface area contributed by atoms with Crippen molar-refractivity contribution in [3.05, 3.63) is 98.7 Å². The smallest absolute Gasteiger partial charge is 0.408 e. The number of aliphatic hydroxyl groups is 1. The predicted octanol–water partition coefficient (Wildman–Crippen LogP) is 6.26. The number of likely N-dealkylation sites (tertiary alicyclic amines) is 1. The zero-order valence-electron chi connectivity index (χ0n) is 25.3. The van der Waals surface area contributed by atoms with Crippen LogP contribution in [0, 0.1) is 0 Å². The zero-order chi connectivity index (χ0) is 31.0. The second kappa shape index (κ2) is 15.1. The highest BCUT2D eigenvalue weighted by molar-refractivity contribution is 6.33. The van der Waals surface area contributed by atoms with Crippen LogP contribution in [0.15, 0.2) is 75.9 Å². The van der Waals surface area contributed by atoms with Crippen LogP contribution in [0.25, 0.3) is 22.3 Å². The van der Waals surface area contributed by atoms with E-state index in [1.165, 1.54) is 17.0 Å². The van der Waals surface area contributed by atoms with Gasteiger partial charge >= 0.3 is 6.09 Å². The lowest BCUT2D eigenvalue weighted by molar-refractivity contribution is 0.0625. The molecule has 0 radical (unpaired) electrons. The van der Waals surface area contributed by atoms with Gasteiger partial charge in [-0.15, -0.1) is 24.8 Å². The summed E-state index contributed by atoms with van der Waals surface area (Å²) < 4.78 is 6.51. The van der Waals surface area contributed by atoms with Gasteiger partial charge in [0.15, 0.2) is 5.43 Å². The number of aromatic hydroxyl groups is 1. The molecule has 0 saturated carbocycles. The van der Waals surface area contributed by atoms with Crippen LogP contribution in [0.4, 0.5) is 4.79 Å². The Kier molecular flexibility index (Phi) is 11.6. The lowest BCUT2D eigenvalue weighted by Crippen LogP contribution is -2.50. The first-order valence-electron chi connectivity index (χ1n) is 15.0. The first-order valence-corrected chi connectivity index (χ1v) is 15.3. The summed E-state index contributed by atoms with van der Waals surface area (Å²) in [6, 6.07) is 17.9. The van der Waals surface area contributed by atoms with E-state index in [9.17, 15) is 24.9 Å². The number of piperidine rings is 2. The number of likely N-dealkylation sites (N-methyl/N-ethyl adjacent to an activating group) is 1. The van der Waals surface area contributed by atoms with E-state index in [0.717, 1.165) is 13.0 Å². The summed E-state index contributed by atoms with van der Waals surface area (Å²) in [6.45, 7) is 2.34. The van der Waals surface area contributed by atoms with E-state index >= 15 is 0 Å². The van der Waals surface area contributed by atoms with Crippen LogP contribution in [-0.4, -0.2) is 76.6 Å².